The summed E-state index contributed by atoms with van der Waals surface area (Å²) in [5.41, 5.74) is 1.41. The van der Waals surface area contributed by atoms with Crippen molar-refractivity contribution in [1.29, 1.82) is 0 Å². The summed E-state index contributed by atoms with van der Waals surface area (Å²) in [6.45, 7) is 4.77. The number of nitrogens with one attached hydrogen (secondary N) is 1. The Morgan fingerprint density at radius 1 is 1.53 bits per heavy atom. The van der Waals surface area contributed by atoms with Gasteiger partial charge in [-0.05, 0) is 18.6 Å². The molecule has 0 aliphatic heterocycles. The first-order chi connectivity index (χ1) is 7.04. The van der Waals surface area contributed by atoms with Crippen LogP contribution in [-0.4, -0.2) is 13.0 Å². The van der Waals surface area contributed by atoms with E-state index in [-0.39, 0.29) is 0 Å². The van der Waals surface area contributed by atoms with Gasteiger partial charge in [0.2, 0.25) is 0 Å². The molecule has 1 amide bonds. The second kappa shape index (κ2) is 4.59. The second-order valence-electron chi connectivity index (χ2n) is 3.04. The normalized spacial score (nSPS) is 9.53. The second-order valence-corrected chi connectivity index (χ2v) is 3.04. The van der Waals surface area contributed by atoms with Gasteiger partial charge in [-0.15, -0.1) is 0 Å². The predicted octanol–water partition coefficient (Wildman–Crippen LogP) is 2.43. The van der Waals surface area contributed by atoms with Crippen LogP contribution in [0.5, 0.6) is 5.75 Å². The van der Waals surface area contributed by atoms with Crippen LogP contribution < -0.4 is 10.1 Å². The highest BCUT2D eigenvalue weighted by Crippen LogP contribution is 2.22. The molecule has 0 aromatic heterocycles. The van der Waals surface area contributed by atoms with E-state index >= 15 is 0 Å². The zero-order chi connectivity index (χ0) is 11.4. The lowest BCUT2D eigenvalue weighted by Crippen LogP contribution is -2.11. The molecule has 80 valence electrons. The molecule has 0 aliphatic carbocycles. The van der Waals surface area contributed by atoms with E-state index in [1.54, 1.807) is 18.2 Å². The number of hydrogen-bond acceptors (Lipinski definition) is 2. The Morgan fingerprint density at radius 2 is 2.20 bits per heavy atom. The summed E-state index contributed by atoms with van der Waals surface area (Å²) in [5, 5.41) is 2.35. The van der Waals surface area contributed by atoms with Gasteiger partial charge in [0.15, 0.2) is 5.83 Å². The number of hydrogen-bond donors (Lipinski definition) is 1. The van der Waals surface area contributed by atoms with Crippen molar-refractivity contribution in [1.82, 2.24) is 0 Å². The molecule has 0 unspecified atom stereocenters. The number of amides is 1. The minimum atomic E-state index is -1.02. The molecule has 1 aromatic rings. The average Bonchev–Trinajstić information content (AvgIpc) is 2.20. The molecule has 1 N–H and O–H groups in total. The maximum atomic E-state index is 12.4. The van der Waals surface area contributed by atoms with Crippen LogP contribution in [0.2, 0.25) is 0 Å². The van der Waals surface area contributed by atoms with Crippen molar-refractivity contribution in [2.75, 3.05) is 12.4 Å². The summed E-state index contributed by atoms with van der Waals surface area (Å²) >= 11 is 0. The van der Waals surface area contributed by atoms with Crippen LogP contribution in [0.3, 0.4) is 0 Å². The van der Waals surface area contributed by atoms with E-state index in [0.717, 1.165) is 5.56 Å². The molecule has 1 aromatic carbocycles. The fourth-order valence-corrected chi connectivity index (χ4v) is 1.10. The maximum Gasteiger partial charge on any atom is 0.283 e. The van der Waals surface area contributed by atoms with Crippen LogP contribution in [0, 0.1) is 6.92 Å². The number of aryl methyl sites for hydroxylation is 1. The molecule has 0 atom stereocenters. The largest absolute Gasteiger partial charge is 0.496 e. The lowest BCUT2D eigenvalue weighted by molar-refractivity contribution is -0.114. The Kier molecular flexibility index (Phi) is 3.44. The molecule has 0 aliphatic rings. The Bertz CT molecular complexity index is 402. The molecule has 0 fully saturated rings. The van der Waals surface area contributed by atoms with Gasteiger partial charge in [0.1, 0.15) is 5.75 Å². The number of anilines is 1. The van der Waals surface area contributed by atoms with Gasteiger partial charge < -0.3 is 10.1 Å². The standard InChI is InChI=1S/C11H12FNO2/c1-7-4-5-9(6-10(7)15-3)13-11(14)8(2)12/h4-6H,2H2,1,3H3,(H,13,14). The summed E-state index contributed by atoms with van der Waals surface area (Å²) < 4.78 is 17.5. The Balaban J connectivity index is 2.87. The number of carbonyl (C=O) groups excluding carboxylic acids is 1. The Morgan fingerprint density at radius 3 is 2.73 bits per heavy atom. The lowest BCUT2D eigenvalue weighted by Gasteiger charge is -2.08. The topological polar surface area (TPSA) is 38.3 Å². The Hall–Kier alpha value is -1.84. The van der Waals surface area contributed by atoms with Crippen molar-refractivity contribution in [2.45, 2.75) is 6.92 Å². The first-order valence-corrected chi connectivity index (χ1v) is 4.35. The van der Waals surface area contributed by atoms with Gasteiger partial charge in [0.25, 0.3) is 5.91 Å². The van der Waals surface area contributed by atoms with Crippen LogP contribution in [0.25, 0.3) is 0 Å². The molecule has 4 heteroatoms. The van der Waals surface area contributed by atoms with Crippen molar-refractivity contribution in [3.63, 3.8) is 0 Å². The molecule has 0 bridgehead atoms. The minimum absolute atomic E-state index is 0.473. The molecular formula is C11H12FNO2. The average molecular weight is 209 g/mol. The van der Waals surface area contributed by atoms with Crippen LogP contribution in [-0.2, 0) is 4.79 Å². The molecular weight excluding hydrogens is 197 g/mol. The summed E-state index contributed by atoms with van der Waals surface area (Å²) in [6, 6.07) is 5.06. The van der Waals surface area contributed by atoms with Crippen LogP contribution >= 0.6 is 0 Å². The van der Waals surface area contributed by atoms with Gasteiger partial charge in [0, 0.05) is 11.8 Å². The van der Waals surface area contributed by atoms with Crippen molar-refractivity contribution in [3.8, 4) is 5.75 Å². The lowest BCUT2D eigenvalue weighted by atomic mass is 10.2. The monoisotopic (exact) mass is 209 g/mol. The van der Waals surface area contributed by atoms with E-state index in [4.69, 9.17) is 4.74 Å². The molecule has 3 nitrogen and oxygen atoms in total. The zero-order valence-corrected chi connectivity index (χ0v) is 8.63. The fraction of sp³-hybridized carbons (Fsp3) is 0.182. The van der Waals surface area contributed by atoms with Gasteiger partial charge in [-0.2, -0.15) is 0 Å². The predicted molar refractivity (Wildman–Crippen MR) is 56.6 cm³/mol. The number of carbonyl (C=O) groups is 1. The number of rotatable bonds is 3. The molecule has 1 rings (SSSR count). The third-order valence-electron chi connectivity index (χ3n) is 1.91. The zero-order valence-electron chi connectivity index (χ0n) is 8.63. The minimum Gasteiger partial charge on any atom is -0.496 e. The SMILES string of the molecule is C=C(F)C(=O)Nc1ccc(C)c(OC)c1. The quantitative estimate of drug-likeness (QED) is 0.776. The van der Waals surface area contributed by atoms with Gasteiger partial charge in [-0.1, -0.05) is 12.6 Å². The molecule has 0 heterocycles. The number of halogens is 1. The molecule has 15 heavy (non-hydrogen) atoms. The van der Waals surface area contributed by atoms with E-state index in [1.165, 1.54) is 7.11 Å². The summed E-state index contributed by atoms with van der Waals surface area (Å²) in [5.74, 6) is -1.23. The van der Waals surface area contributed by atoms with E-state index < -0.39 is 11.7 Å². The molecule has 0 radical (unpaired) electrons. The van der Waals surface area contributed by atoms with E-state index in [0.29, 0.717) is 11.4 Å². The van der Waals surface area contributed by atoms with Crippen LogP contribution in [0.1, 0.15) is 5.56 Å². The van der Waals surface area contributed by atoms with E-state index in [1.807, 2.05) is 6.92 Å². The third kappa shape index (κ3) is 2.80. The number of methoxy groups -OCH3 is 1. The summed E-state index contributed by atoms with van der Waals surface area (Å²) in [4.78, 5) is 11.0. The highest BCUT2D eigenvalue weighted by molar-refractivity contribution is 6.01. The highest BCUT2D eigenvalue weighted by atomic mass is 19.1. The third-order valence-corrected chi connectivity index (χ3v) is 1.91. The van der Waals surface area contributed by atoms with Crippen LogP contribution in [0.4, 0.5) is 10.1 Å². The smallest absolute Gasteiger partial charge is 0.283 e. The van der Waals surface area contributed by atoms with Crippen molar-refractivity contribution in [2.24, 2.45) is 0 Å². The van der Waals surface area contributed by atoms with Gasteiger partial charge in [-0.3, -0.25) is 4.79 Å². The molecule has 0 saturated heterocycles. The van der Waals surface area contributed by atoms with Crippen molar-refractivity contribution in [3.05, 3.63) is 36.2 Å². The molecule has 0 spiro atoms. The maximum absolute atomic E-state index is 12.4. The molecule has 0 saturated carbocycles. The number of benzene rings is 1. The highest BCUT2D eigenvalue weighted by Gasteiger charge is 2.07. The van der Waals surface area contributed by atoms with Gasteiger partial charge in [0.05, 0.1) is 7.11 Å². The summed E-state index contributed by atoms with van der Waals surface area (Å²) in [6.07, 6.45) is 0. The number of ether oxygens (including phenoxy) is 1. The van der Waals surface area contributed by atoms with Crippen molar-refractivity contribution >= 4 is 11.6 Å². The Labute approximate surface area is 87.6 Å². The van der Waals surface area contributed by atoms with E-state index in [2.05, 4.69) is 11.9 Å². The van der Waals surface area contributed by atoms with Crippen molar-refractivity contribution < 1.29 is 13.9 Å². The first kappa shape index (κ1) is 11.2. The first-order valence-electron chi connectivity index (χ1n) is 4.35. The fourth-order valence-electron chi connectivity index (χ4n) is 1.10. The van der Waals surface area contributed by atoms with Crippen LogP contribution in [0.15, 0.2) is 30.6 Å². The summed E-state index contributed by atoms with van der Waals surface area (Å²) in [7, 11) is 1.53. The van der Waals surface area contributed by atoms with E-state index in [9.17, 15) is 9.18 Å². The van der Waals surface area contributed by atoms with Gasteiger partial charge >= 0.3 is 0 Å². The van der Waals surface area contributed by atoms with Gasteiger partial charge in [-0.25, -0.2) is 4.39 Å².